The molecule has 174 valence electrons. The molecule has 0 bridgehead atoms. The van der Waals surface area contributed by atoms with Crippen molar-refractivity contribution < 1.29 is 32.7 Å². The molecule has 2 aromatic rings. The molecule has 1 aliphatic rings. The minimum atomic E-state index is -5.08. The van der Waals surface area contributed by atoms with Gasteiger partial charge in [-0.15, -0.1) is 0 Å². The molecule has 9 nitrogen and oxygen atoms in total. The largest absolute Gasteiger partial charge is 0.490 e. The molecule has 1 unspecified atom stereocenters. The molecule has 3 rings (SSSR count). The van der Waals surface area contributed by atoms with Crippen LogP contribution in [0.4, 0.5) is 13.2 Å². The zero-order chi connectivity index (χ0) is 23.9. The fourth-order valence-corrected chi connectivity index (χ4v) is 3.06. The summed E-state index contributed by atoms with van der Waals surface area (Å²) in [4.78, 5) is 44.0. The highest BCUT2D eigenvalue weighted by molar-refractivity contribution is 5.92. The van der Waals surface area contributed by atoms with Crippen LogP contribution < -0.4 is 5.32 Å². The Kier molecular flexibility index (Phi) is 8.33. The lowest BCUT2D eigenvalue weighted by atomic mass is 10.2. The van der Waals surface area contributed by atoms with Crippen LogP contribution in [0, 0.1) is 0 Å². The van der Waals surface area contributed by atoms with E-state index in [0.717, 1.165) is 17.9 Å². The Morgan fingerprint density at radius 3 is 2.50 bits per heavy atom. The first-order valence-corrected chi connectivity index (χ1v) is 9.89. The molecule has 1 aliphatic heterocycles. The minimum Gasteiger partial charge on any atom is -0.475 e. The number of nitrogens with zero attached hydrogens (tertiary/aromatic N) is 4. The molecule has 0 spiro atoms. The number of carboxylic acids is 1. The van der Waals surface area contributed by atoms with Gasteiger partial charge in [0.05, 0.1) is 18.3 Å². The first-order chi connectivity index (χ1) is 15.0. The number of carboxylic acid groups (broad SMARTS) is 1. The van der Waals surface area contributed by atoms with Crippen molar-refractivity contribution in [3.05, 3.63) is 47.8 Å². The van der Waals surface area contributed by atoms with Crippen molar-refractivity contribution in [3.8, 4) is 0 Å². The molecule has 0 radical (unpaired) electrons. The van der Waals surface area contributed by atoms with E-state index >= 15 is 0 Å². The van der Waals surface area contributed by atoms with E-state index in [1.54, 1.807) is 12.4 Å². The first kappa shape index (κ1) is 24.8. The lowest BCUT2D eigenvalue weighted by molar-refractivity contribution is -0.192. The molecule has 0 aromatic carbocycles. The van der Waals surface area contributed by atoms with Gasteiger partial charge in [0, 0.05) is 31.9 Å². The van der Waals surface area contributed by atoms with Crippen LogP contribution in [0.3, 0.4) is 0 Å². The second-order valence-electron chi connectivity index (χ2n) is 7.00. The Labute approximate surface area is 182 Å². The molecule has 0 saturated heterocycles. The fraction of sp³-hybridized carbons (Fsp3) is 0.450. The normalized spacial score (nSPS) is 15.3. The van der Waals surface area contributed by atoms with Gasteiger partial charge in [-0.3, -0.25) is 14.6 Å². The smallest absolute Gasteiger partial charge is 0.475 e. The number of imidazole rings is 1. The number of fused-ring (bicyclic) bond motifs is 1. The maximum absolute atomic E-state index is 12.4. The van der Waals surface area contributed by atoms with Crippen LogP contribution in [0.25, 0.3) is 0 Å². The van der Waals surface area contributed by atoms with Gasteiger partial charge in [0.1, 0.15) is 11.5 Å². The predicted octanol–water partition coefficient (Wildman–Crippen LogP) is 2.54. The summed E-state index contributed by atoms with van der Waals surface area (Å²) in [6.07, 6.45) is -0.248. The Morgan fingerprint density at radius 1 is 1.25 bits per heavy atom. The van der Waals surface area contributed by atoms with E-state index in [2.05, 4.69) is 15.3 Å². The predicted molar refractivity (Wildman–Crippen MR) is 106 cm³/mol. The van der Waals surface area contributed by atoms with Crippen LogP contribution in [-0.4, -0.2) is 55.0 Å². The lowest BCUT2D eigenvalue weighted by Crippen LogP contribution is -2.40. The highest BCUT2D eigenvalue weighted by Crippen LogP contribution is 2.25. The number of rotatable bonds is 5. The van der Waals surface area contributed by atoms with E-state index in [1.807, 2.05) is 41.5 Å². The molecule has 0 aliphatic carbocycles. The Balaban J connectivity index is 0.000000451. The van der Waals surface area contributed by atoms with E-state index < -0.39 is 12.1 Å². The number of halogens is 3. The quantitative estimate of drug-likeness (QED) is 0.716. The summed E-state index contributed by atoms with van der Waals surface area (Å²) in [5.41, 5.74) is 1.17. The second-order valence-corrected chi connectivity index (χ2v) is 7.00. The third-order valence-corrected chi connectivity index (χ3v) is 4.65. The van der Waals surface area contributed by atoms with Gasteiger partial charge in [-0.05, 0) is 25.5 Å². The molecule has 0 saturated carbocycles. The van der Waals surface area contributed by atoms with Crippen LogP contribution >= 0.6 is 0 Å². The highest BCUT2D eigenvalue weighted by Gasteiger charge is 2.38. The summed E-state index contributed by atoms with van der Waals surface area (Å²) >= 11 is 0. The number of hydrogen-bond acceptors (Lipinski definition) is 5. The van der Waals surface area contributed by atoms with Gasteiger partial charge in [-0.1, -0.05) is 13.0 Å². The number of nitrogens with one attached hydrogen (secondary N) is 1. The van der Waals surface area contributed by atoms with E-state index in [9.17, 15) is 22.8 Å². The van der Waals surface area contributed by atoms with Crippen molar-refractivity contribution in [2.24, 2.45) is 0 Å². The van der Waals surface area contributed by atoms with Gasteiger partial charge < -0.3 is 19.9 Å². The summed E-state index contributed by atoms with van der Waals surface area (Å²) in [6, 6.07) is 5.46. The average molecular weight is 455 g/mol. The molecule has 32 heavy (non-hydrogen) atoms. The standard InChI is InChI=1S/C18H23N5O2.C2HF3O2/c1-3-6-16(24)23-10-9-22-12-15(21-17(22)13(23)2)18(25)20-11-14-7-4-5-8-19-14;3-2(4,5)1(6)7/h4-5,7-8,12-13H,3,6,9-11H2,1-2H3,(H,20,25);(H,6,7). The van der Waals surface area contributed by atoms with E-state index in [-0.39, 0.29) is 17.9 Å². The third-order valence-electron chi connectivity index (χ3n) is 4.65. The maximum atomic E-state index is 12.4. The summed E-state index contributed by atoms with van der Waals surface area (Å²) in [5, 5.41) is 9.96. The van der Waals surface area contributed by atoms with E-state index in [4.69, 9.17) is 9.90 Å². The first-order valence-electron chi connectivity index (χ1n) is 9.89. The van der Waals surface area contributed by atoms with Gasteiger partial charge in [-0.25, -0.2) is 9.78 Å². The molecular weight excluding hydrogens is 431 g/mol. The Bertz CT molecular complexity index is 946. The van der Waals surface area contributed by atoms with Crippen molar-refractivity contribution in [1.29, 1.82) is 0 Å². The summed E-state index contributed by atoms with van der Waals surface area (Å²) in [5.74, 6) is -2.08. The van der Waals surface area contributed by atoms with Gasteiger partial charge >= 0.3 is 12.1 Å². The van der Waals surface area contributed by atoms with Crippen LogP contribution in [0.1, 0.15) is 54.7 Å². The molecule has 12 heteroatoms. The molecular formula is C20H24F3N5O4. The summed E-state index contributed by atoms with van der Waals surface area (Å²) < 4.78 is 33.7. The number of alkyl halides is 3. The Hall–Kier alpha value is -3.44. The van der Waals surface area contributed by atoms with Gasteiger partial charge in [0.2, 0.25) is 5.91 Å². The summed E-state index contributed by atoms with van der Waals surface area (Å²) in [7, 11) is 0. The maximum Gasteiger partial charge on any atom is 0.490 e. The zero-order valence-corrected chi connectivity index (χ0v) is 17.6. The van der Waals surface area contributed by atoms with Crippen LogP contribution in [0.2, 0.25) is 0 Å². The molecule has 2 amide bonds. The van der Waals surface area contributed by atoms with Crippen molar-refractivity contribution in [1.82, 2.24) is 24.8 Å². The number of pyridine rings is 1. The zero-order valence-electron chi connectivity index (χ0n) is 17.6. The highest BCUT2D eigenvalue weighted by atomic mass is 19.4. The SMILES string of the molecule is CCCC(=O)N1CCn2cc(C(=O)NCc3ccccn3)nc2C1C.O=C(O)C(F)(F)F. The van der Waals surface area contributed by atoms with Gasteiger partial charge in [0.25, 0.3) is 5.91 Å². The van der Waals surface area contributed by atoms with Crippen LogP contribution in [0.5, 0.6) is 0 Å². The van der Waals surface area contributed by atoms with Crippen LogP contribution in [-0.2, 0) is 22.7 Å². The van der Waals surface area contributed by atoms with E-state index in [1.165, 1.54) is 0 Å². The lowest BCUT2D eigenvalue weighted by Gasteiger charge is -2.33. The van der Waals surface area contributed by atoms with Crippen molar-refractivity contribution >= 4 is 17.8 Å². The molecule has 3 heterocycles. The number of hydrogen-bond donors (Lipinski definition) is 2. The fourth-order valence-electron chi connectivity index (χ4n) is 3.06. The molecule has 2 N–H and O–H groups in total. The van der Waals surface area contributed by atoms with Gasteiger partial charge in [-0.2, -0.15) is 13.2 Å². The summed E-state index contributed by atoms with van der Waals surface area (Å²) in [6.45, 7) is 5.63. The molecule has 2 aromatic heterocycles. The Morgan fingerprint density at radius 2 is 1.94 bits per heavy atom. The average Bonchev–Trinajstić information content (AvgIpc) is 3.18. The molecule has 0 fully saturated rings. The molecule has 1 atom stereocenters. The van der Waals surface area contributed by atoms with Crippen molar-refractivity contribution in [3.63, 3.8) is 0 Å². The number of amides is 2. The van der Waals surface area contributed by atoms with Crippen LogP contribution in [0.15, 0.2) is 30.6 Å². The monoisotopic (exact) mass is 455 g/mol. The topological polar surface area (TPSA) is 117 Å². The number of aliphatic carboxylic acids is 1. The third kappa shape index (κ3) is 6.53. The number of carbonyl (C=O) groups is 3. The van der Waals surface area contributed by atoms with Crippen molar-refractivity contribution in [2.75, 3.05) is 6.54 Å². The minimum absolute atomic E-state index is 0.120. The van der Waals surface area contributed by atoms with E-state index in [0.29, 0.717) is 31.7 Å². The van der Waals surface area contributed by atoms with Gasteiger partial charge in [0.15, 0.2) is 0 Å². The van der Waals surface area contributed by atoms with Crippen molar-refractivity contribution in [2.45, 2.75) is 52.0 Å². The number of aromatic nitrogens is 3. The number of carbonyl (C=O) groups excluding carboxylic acids is 2. The second kappa shape index (κ2) is 10.7.